The van der Waals surface area contributed by atoms with Crippen molar-refractivity contribution < 1.29 is 14.3 Å². The molecule has 1 aliphatic carbocycles. The fourth-order valence-corrected chi connectivity index (χ4v) is 2.76. The maximum Gasteiger partial charge on any atom is 0.161 e. The van der Waals surface area contributed by atoms with Crippen molar-refractivity contribution in [2.75, 3.05) is 14.2 Å². The third kappa shape index (κ3) is 2.45. The van der Waals surface area contributed by atoms with Gasteiger partial charge in [0.05, 0.1) is 14.2 Å². The smallest absolute Gasteiger partial charge is 0.161 e. The predicted octanol–water partition coefficient (Wildman–Crippen LogP) is 2.25. The van der Waals surface area contributed by atoms with Crippen molar-refractivity contribution in [1.82, 2.24) is 0 Å². The van der Waals surface area contributed by atoms with Gasteiger partial charge < -0.3 is 15.2 Å². The van der Waals surface area contributed by atoms with Crippen LogP contribution in [0.3, 0.4) is 0 Å². The number of nitrogens with two attached hydrogens (primary N) is 1. The molecule has 1 aliphatic rings. The van der Waals surface area contributed by atoms with E-state index >= 15 is 0 Å². The maximum absolute atomic E-state index is 12.2. The molecule has 2 unspecified atom stereocenters. The summed E-state index contributed by atoms with van der Waals surface area (Å²) < 4.78 is 10.5. The van der Waals surface area contributed by atoms with E-state index in [1.54, 1.807) is 20.3 Å². The number of ether oxygens (including phenoxy) is 2. The van der Waals surface area contributed by atoms with E-state index in [4.69, 9.17) is 15.2 Å². The summed E-state index contributed by atoms with van der Waals surface area (Å²) in [6, 6.07) is 5.47. The van der Waals surface area contributed by atoms with E-state index in [0.29, 0.717) is 30.3 Å². The standard InChI is InChI=1S/C15H21NO3/c1-10-4-7-14(17)15(16,9-10)11-5-6-12(18-2)13(8-11)19-3/h5-6,8,10H,4,7,9,16H2,1-3H3. The summed E-state index contributed by atoms with van der Waals surface area (Å²) in [4.78, 5) is 12.2. The minimum Gasteiger partial charge on any atom is -0.493 e. The van der Waals surface area contributed by atoms with Gasteiger partial charge in [0.1, 0.15) is 5.54 Å². The molecular weight excluding hydrogens is 242 g/mol. The highest BCUT2D eigenvalue weighted by Crippen LogP contribution is 2.38. The second-order valence-corrected chi connectivity index (χ2v) is 5.31. The van der Waals surface area contributed by atoms with E-state index in [9.17, 15) is 4.79 Å². The zero-order valence-electron chi connectivity index (χ0n) is 11.7. The maximum atomic E-state index is 12.2. The Balaban J connectivity index is 2.42. The number of carbonyl (C=O) groups excluding carboxylic acids is 1. The summed E-state index contributed by atoms with van der Waals surface area (Å²) in [7, 11) is 3.17. The topological polar surface area (TPSA) is 61.5 Å². The van der Waals surface area contributed by atoms with E-state index in [2.05, 4.69) is 6.92 Å². The lowest BCUT2D eigenvalue weighted by Crippen LogP contribution is -2.48. The quantitative estimate of drug-likeness (QED) is 0.908. The summed E-state index contributed by atoms with van der Waals surface area (Å²) in [6.07, 6.45) is 2.15. The number of rotatable bonds is 3. The van der Waals surface area contributed by atoms with Crippen LogP contribution in [0.25, 0.3) is 0 Å². The molecule has 2 atom stereocenters. The lowest BCUT2D eigenvalue weighted by Gasteiger charge is -2.35. The Kier molecular flexibility index (Phi) is 3.80. The predicted molar refractivity (Wildman–Crippen MR) is 73.4 cm³/mol. The van der Waals surface area contributed by atoms with Crippen molar-refractivity contribution in [3.8, 4) is 11.5 Å². The number of benzene rings is 1. The summed E-state index contributed by atoms with van der Waals surface area (Å²) in [5, 5.41) is 0. The highest BCUT2D eigenvalue weighted by Gasteiger charge is 2.40. The molecule has 104 valence electrons. The largest absolute Gasteiger partial charge is 0.493 e. The van der Waals surface area contributed by atoms with Gasteiger partial charge in [-0.2, -0.15) is 0 Å². The first-order valence-electron chi connectivity index (χ1n) is 6.56. The summed E-state index contributed by atoms with van der Waals surface area (Å²) in [5.41, 5.74) is 6.30. The normalized spacial score (nSPS) is 27.2. The Labute approximate surface area is 113 Å². The zero-order valence-corrected chi connectivity index (χ0v) is 11.7. The molecule has 1 aromatic carbocycles. The van der Waals surface area contributed by atoms with Crippen LogP contribution >= 0.6 is 0 Å². The van der Waals surface area contributed by atoms with Crippen LogP contribution in [-0.4, -0.2) is 20.0 Å². The average Bonchev–Trinajstić information content (AvgIpc) is 2.42. The lowest BCUT2D eigenvalue weighted by molar-refractivity contribution is -0.127. The molecule has 1 saturated carbocycles. The fourth-order valence-electron chi connectivity index (χ4n) is 2.76. The van der Waals surface area contributed by atoms with E-state index in [0.717, 1.165) is 12.0 Å². The zero-order chi connectivity index (χ0) is 14.0. The van der Waals surface area contributed by atoms with Gasteiger partial charge in [-0.05, 0) is 36.5 Å². The first-order valence-corrected chi connectivity index (χ1v) is 6.56. The van der Waals surface area contributed by atoms with E-state index in [1.807, 2.05) is 12.1 Å². The molecule has 0 heterocycles. The first kappa shape index (κ1) is 13.9. The highest BCUT2D eigenvalue weighted by atomic mass is 16.5. The fraction of sp³-hybridized carbons (Fsp3) is 0.533. The Morgan fingerprint density at radius 2 is 1.95 bits per heavy atom. The summed E-state index contributed by atoms with van der Waals surface area (Å²) in [5.74, 6) is 1.82. The molecule has 0 spiro atoms. The van der Waals surface area contributed by atoms with Gasteiger partial charge in [0, 0.05) is 6.42 Å². The molecule has 2 rings (SSSR count). The van der Waals surface area contributed by atoms with Gasteiger partial charge in [-0.1, -0.05) is 13.0 Å². The van der Waals surface area contributed by atoms with Crippen molar-refractivity contribution in [3.63, 3.8) is 0 Å². The van der Waals surface area contributed by atoms with Crippen molar-refractivity contribution >= 4 is 5.78 Å². The third-order valence-electron chi connectivity index (χ3n) is 3.93. The van der Waals surface area contributed by atoms with Gasteiger partial charge >= 0.3 is 0 Å². The molecule has 1 fully saturated rings. The average molecular weight is 263 g/mol. The van der Waals surface area contributed by atoms with Crippen molar-refractivity contribution in [2.45, 2.75) is 31.7 Å². The van der Waals surface area contributed by atoms with Crippen LogP contribution in [0.4, 0.5) is 0 Å². The molecule has 19 heavy (non-hydrogen) atoms. The number of hydrogen-bond donors (Lipinski definition) is 1. The van der Waals surface area contributed by atoms with Gasteiger partial charge in [0.2, 0.25) is 0 Å². The van der Waals surface area contributed by atoms with Crippen molar-refractivity contribution in [3.05, 3.63) is 23.8 Å². The van der Waals surface area contributed by atoms with E-state index in [1.165, 1.54) is 0 Å². The van der Waals surface area contributed by atoms with Crippen LogP contribution < -0.4 is 15.2 Å². The van der Waals surface area contributed by atoms with Gasteiger partial charge in [-0.25, -0.2) is 0 Å². The molecular formula is C15H21NO3. The van der Waals surface area contributed by atoms with Gasteiger partial charge in [0.15, 0.2) is 17.3 Å². The number of Topliss-reactive ketones (excluding diaryl/α,β-unsaturated/α-hetero) is 1. The Morgan fingerprint density at radius 1 is 1.26 bits per heavy atom. The molecule has 2 N–H and O–H groups in total. The molecule has 0 bridgehead atoms. The Hall–Kier alpha value is -1.55. The van der Waals surface area contributed by atoms with Crippen LogP contribution in [0.1, 0.15) is 31.7 Å². The molecule has 0 amide bonds. The first-order chi connectivity index (χ1) is 9.01. The minimum absolute atomic E-state index is 0.109. The van der Waals surface area contributed by atoms with Crippen LogP contribution in [0, 0.1) is 5.92 Å². The molecule has 0 radical (unpaired) electrons. The van der Waals surface area contributed by atoms with Crippen LogP contribution in [0.5, 0.6) is 11.5 Å². The number of hydrogen-bond acceptors (Lipinski definition) is 4. The molecule has 0 aromatic heterocycles. The summed E-state index contributed by atoms with van der Waals surface area (Å²) >= 11 is 0. The highest BCUT2D eigenvalue weighted by molar-refractivity contribution is 5.90. The van der Waals surface area contributed by atoms with Crippen LogP contribution in [0.15, 0.2) is 18.2 Å². The van der Waals surface area contributed by atoms with E-state index < -0.39 is 5.54 Å². The van der Waals surface area contributed by atoms with Gasteiger partial charge in [0.25, 0.3) is 0 Å². The van der Waals surface area contributed by atoms with Gasteiger partial charge in [-0.15, -0.1) is 0 Å². The molecule has 1 aromatic rings. The van der Waals surface area contributed by atoms with E-state index in [-0.39, 0.29) is 5.78 Å². The lowest BCUT2D eigenvalue weighted by atomic mass is 9.72. The third-order valence-corrected chi connectivity index (χ3v) is 3.93. The molecule has 4 nitrogen and oxygen atoms in total. The van der Waals surface area contributed by atoms with Crippen LogP contribution in [0.2, 0.25) is 0 Å². The minimum atomic E-state index is -0.892. The second-order valence-electron chi connectivity index (χ2n) is 5.31. The molecule has 4 heteroatoms. The SMILES string of the molecule is COc1ccc(C2(N)CC(C)CCC2=O)cc1OC. The van der Waals surface area contributed by atoms with Crippen molar-refractivity contribution in [1.29, 1.82) is 0 Å². The van der Waals surface area contributed by atoms with Crippen LogP contribution in [-0.2, 0) is 10.3 Å². The molecule has 0 saturated heterocycles. The Morgan fingerprint density at radius 3 is 2.58 bits per heavy atom. The summed E-state index contributed by atoms with van der Waals surface area (Å²) in [6.45, 7) is 2.13. The number of carbonyl (C=O) groups is 1. The second kappa shape index (κ2) is 5.21. The Bertz CT molecular complexity index is 486. The monoisotopic (exact) mass is 263 g/mol. The number of methoxy groups -OCH3 is 2. The van der Waals surface area contributed by atoms with Gasteiger partial charge in [-0.3, -0.25) is 4.79 Å². The van der Waals surface area contributed by atoms with Crippen molar-refractivity contribution in [2.24, 2.45) is 11.7 Å². The number of ketones is 1. The molecule has 0 aliphatic heterocycles.